The average molecular weight is 260 g/mol. The van der Waals surface area contributed by atoms with Gasteiger partial charge in [-0.1, -0.05) is 13.5 Å². The van der Waals surface area contributed by atoms with Gasteiger partial charge in [0.2, 0.25) is 0 Å². The van der Waals surface area contributed by atoms with Gasteiger partial charge in [0.15, 0.2) is 0 Å². The molecule has 0 aromatic rings. The minimum atomic E-state index is -0.792. The molecule has 0 saturated heterocycles. The summed E-state index contributed by atoms with van der Waals surface area (Å²) >= 11 is 0. The molecular weight excluding hydrogens is 236 g/mol. The highest BCUT2D eigenvalue weighted by Crippen LogP contribution is 2.69. The molecule has 8 atom stereocenters. The molecule has 0 radical (unpaired) electrons. The molecule has 0 spiro atoms. The van der Waals surface area contributed by atoms with Crippen LogP contribution < -0.4 is 0 Å². The Labute approximate surface area is 115 Å². The zero-order valence-electron chi connectivity index (χ0n) is 11.7. The van der Waals surface area contributed by atoms with E-state index in [0.717, 1.165) is 35.5 Å². The van der Waals surface area contributed by atoms with Gasteiger partial charge in [-0.3, -0.25) is 0 Å². The summed E-state index contributed by atoms with van der Waals surface area (Å²) in [6, 6.07) is 0. The number of hydrogen-bond donors (Lipinski definition) is 1. The van der Waals surface area contributed by atoms with E-state index in [4.69, 9.17) is 0 Å². The molecule has 0 aromatic heterocycles. The maximum absolute atomic E-state index is 11.2. The maximum atomic E-state index is 11.2. The molecule has 0 amide bonds. The third kappa shape index (κ3) is 1.46. The first kappa shape index (κ1) is 12.0. The van der Waals surface area contributed by atoms with Crippen molar-refractivity contribution in [2.24, 2.45) is 47.3 Å². The Hall–Kier alpha value is -0.790. The molecule has 104 valence electrons. The molecule has 4 aliphatic carbocycles. The Balaban J connectivity index is 1.56. The number of carboxylic acid groups (broad SMARTS) is 1. The first-order valence-corrected chi connectivity index (χ1v) is 8.00. The van der Waals surface area contributed by atoms with Gasteiger partial charge < -0.3 is 5.11 Å². The molecule has 0 heterocycles. The van der Waals surface area contributed by atoms with E-state index < -0.39 is 5.97 Å². The van der Waals surface area contributed by atoms with Crippen LogP contribution in [0.25, 0.3) is 0 Å². The summed E-state index contributed by atoms with van der Waals surface area (Å²) in [6.07, 6.45) is 7.10. The van der Waals surface area contributed by atoms with Crippen molar-refractivity contribution in [1.29, 1.82) is 0 Å². The molecule has 8 unspecified atom stereocenters. The molecule has 4 aliphatic rings. The first-order chi connectivity index (χ1) is 9.08. The highest BCUT2D eigenvalue weighted by molar-refractivity contribution is 5.86. The van der Waals surface area contributed by atoms with E-state index >= 15 is 0 Å². The molecule has 4 saturated carbocycles. The topological polar surface area (TPSA) is 37.3 Å². The lowest BCUT2D eigenvalue weighted by Gasteiger charge is -2.40. The lowest BCUT2D eigenvalue weighted by atomic mass is 9.64. The van der Waals surface area contributed by atoms with Crippen LogP contribution in [0.4, 0.5) is 0 Å². The van der Waals surface area contributed by atoms with Crippen molar-refractivity contribution in [1.82, 2.24) is 0 Å². The second-order valence-corrected chi connectivity index (χ2v) is 7.67. The van der Waals surface area contributed by atoms with Crippen molar-refractivity contribution in [3.05, 3.63) is 12.2 Å². The zero-order valence-corrected chi connectivity index (χ0v) is 11.7. The van der Waals surface area contributed by atoms with Gasteiger partial charge >= 0.3 is 5.97 Å². The zero-order chi connectivity index (χ0) is 13.3. The third-order valence-corrected chi connectivity index (χ3v) is 7.25. The largest absolute Gasteiger partial charge is 0.478 e. The van der Waals surface area contributed by atoms with Gasteiger partial charge in [-0.15, -0.1) is 0 Å². The standard InChI is InChI=1S/C17H24O2/c1-8(9(2)17(18)19)13-6-12-7-14(13)16-11-4-3-10(5-11)15(12)16/h8,10-16H,2-7H2,1H3,(H,18,19). The van der Waals surface area contributed by atoms with Gasteiger partial charge in [0.1, 0.15) is 0 Å². The minimum Gasteiger partial charge on any atom is -0.478 e. The molecule has 2 heteroatoms. The van der Waals surface area contributed by atoms with E-state index in [1.807, 2.05) is 0 Å². The molecule has 0 aliphatic heterocycles. The van der Waals surface area contributed by atoms with Crippen LogP contribution in [0.2, 0.25) is 0 Å². The number of aliphatic carboxylic acids is 1. The third-order valence-electron chi connectivity index (χ3n) is 7.25. The summed E-state index contributed by atoms with van der Waals surface area (Å²) < 4.78 is 0. The minimum absolute atomic E-state index is 0.174. The van der Waals surface area contributed by atoms with Gasteiger partial charge in [-0.05, 0) is 79.4 Å². The Morgan fingerprint density at radius 2 is 1.79 bits per heavy atom. The Morgan fingerprint density at radius 1 is 1.11 bits per heavy atom. The monoisotopic (exact) mass is 260 g/mol. The van der Waals surface area contributed by atoms with Gasteiger partial charge in [0.25, 0.3) is 0 Å². The molecule has 1 N–H and O–H groups in total. The quantitative estimate of drug-likeness (QED) is 0.622. The fourth-order valence-electron chi connectivity index (χ4n) is 6.64. The van der Waals surface area contributed by atoms with Crippen molar-refractivity contribution in [2.45, 2.75) is 39.0 Å². The van der Waals surface area contributed by atoms with Crippen LogP contribution in [-0.4, -0.2) is 11.1 Å². The van der Waals surface area contributed by atoms with E-state index in [2.05, 4.69) is 13.5 Å². The van der Waals surface area contributed by atoms with Crippen molar-refractivity contribution in [2.75, 3.05) is 0 Å². The van der Waals surface area contributed by atoms with Crippen molar-refractivity contribution < 1.29 is 9.90 Å². The predicted molar refractivity (Wildman–Crippen MR) is 73.5 cm³/mol. The summed E-state index contributed by atoms with van der Waals surface area (Å²) in [5.74, 6) is 5.70. The second kappa shape index (κ2) is 3.86. The van der Waals surface area contributed by atoms with E-state index in [1.54, 1.807) is 0 Å². The van der Waals surface area contributed by atoms with Crippen LogP contribution in [0.15, 0.2) is 12.2 Å². The van der Waals surface area contributed by atoms with Crippen LogP contribution in [-0.2, 0) is 4.79 Å². The number of hydrogen-bond acceptors (Lipinski definition) is 1. The number of carboxylic acids is 1. The molecule has 4 bridgehead atoms. The van der Waals surface area contributed by atoms with E-state index in [1.165, 1.54) is 32.1 Å². The molecule has 0 aromatic carbocycles. The van der Waals surface area contributed by atoms with Gasteiger partial charge in [-0.25, -0.2) is 4.79 Å². The number of carbonyl (C=O) groups is 1. The van der Waals surface area contributed by atoms with Crippen LogP contribution in [0.5, 0.6) is 0 Å². The van der Waals surface area contributed by atoms with Gasteiger partial charge in [-0.2, -0.15) is 0 Å². The van der Waals surface area contributed by atoms with E-state index in [-0.39, 0.29) is 5.92 Å². The average Bonchev–Trinajstić information content (AvgIpc) is 3.12. The van der Waals surface area contributed by atoms with Crippen LogP contribution in [0.1, 0.15) is 39.0 Å². The Morgan fingerprint density at radius 3 is 2.47 bits per heavy atom. The highest BCUT2D eigenvalue weighted by atomic mass is 16.4. The summed E-state index contributed by atoms with van der Waals surface area (Å²) in [7, 11) is 0. The Bertz CT molecular complexity index is 441. The van der Waals surface area contributed by atoms with Crippen LogP contribution >= 0.6 is 0 Å². The molecule has 2 nitrogen and oxygen atoms in total. The summed E-state index contributed by atoms with van der Waals surface area (Å²) in [5, 5.41) is 9.18. The summed E-state index contributed by atoms with van der Waals surface area (Å²) in [5.41, 5.74) is 0.442. The van der Waals surface area contributed by atoms with Crippen LogP contribution in [0.3, 0.4) is 0 Å². The molecular formula is C17H24O2. The first-order valence-electron chi connectivity index (χ1n) is 8.00. The lowest BCUT2D eigenvalue weighted by molar-refractivity contribution is -0.133. The molecule has 4 rings (SSSR count). The van der Waals surface area contributed by atoms with Crippen molar-refractivity contribution in [3.8, 4) is 0 Å². The molecule has 19 heavy (non-hydrogen) atoms. The number of fused-ring (bicyclic) bond motifs is 9. The lowest BCUT2D eigenvalue weighted by Crippen LogP contribution is -2.35. The summed E-state index contributed by atoms with van der Waals surface area (Å²) in [4.78, 5) is 11.2. The second-order valence-electron chi connectivity index (χ2n) is 7.67. The predicted octanol–water partition coefficient (Wildman–Crippen LogP) is 3.58. The fourth-order valence-corrected chi connectivity index (χ4v) is 6.64. The van der Waals surface area contributed by atoms with Gasteiger partial charge in [0.05, 0.1) is 0 Å². The fraction of sp³-hybridized carbons (Fsp3) is 0.824. The number of rotatable bonds is 3. The highest BCUT2D eigenvalue weighted by Gasteiger charge is 2.62. The maximum Gasteiger partial charge on any atom is 0.331 e. The van der Waals surface area contributed by atoms with E-state index in [9.17, 15) is 9.90 Å². The van der Waals surface area contributed by atoms with Gasteiger partial charge in [0, 0.05) is 5.57 Å². The molecule has 4 fully saturated rings. The van der Waals surface area contributed by atoms with Crippen molar-refractivity contribution >= 4 is 5.97 Å². The summed E-state index contributed by atoms with van der Waals surface area (Å²) in [6.45, 7) is 5.92. The SMILES string of the molecule is C=C(C(=O)O)C(C)C1CC2CC1C1C3CCC(C3)C21. The normalized spacial score (nSPS) is 51.3. The Kier molecular flexibility index (Phi) is 2.44. The smallest absolute Gasteiger partial charge is 0.331 e. The van der Waals surface area contributed by atoms with E-state index in [0.29, 0.717) is 11.5 Å². The van der Waals surface area contributed by atoms with Crippen LogP contribution in [0, 0.1) is 47.3 Å². The van der Waals surface area contributed by atoms with Crippen molar-refractivity contribution in [3.63, 3.8) is 0 Å².